The van der Waals surface area contributed by atoms with Crippen LogP contribution in [0.3, 0.4) is 0 Å². The van der Waals surface area contributed by atoms with E-state index in [1.54, 1.807) is 36.5 Å². The Morgan fingerprint density at radius 3 is 2.86 bits per heavy atom. The Hall–Kier alpha value is -1.50. The lowest BCUT2D eigenvalue weighted by Crippen LogP contribution is -2.45. The van der Waals surface area contributed by atoms with Crippen LogP contribution in [0, 0.1) is 5.92 Å². The number of aromatic nitrogens is 1. The summed E-state index contributed by atoms with van der Waals surface area (Å²) in [6.07, 6.45) is 1.70. The van der Waals surface area contributed by atoms with Crippen LogP contribution in [-0.2, 0) is 10.0 Å². The highest BCUT2D eigenvalue weighted by molar-refractivity contribution is 7.89. The number of hydrogen-bond donors (Lipinski definition) is 1. The van der Waals surface area contributed by atoms with Crippen molar-refractivity contribution in [1.82, 2.24) is 9.29 Å². The number of sulfonamides is 1. The molecule has 0 saturated carbocycles. The third-order valence-corrected chi connectivity index (χ3v) is 6.03. The number of piperidine rings is 1. The predicted octanol–water partition coefficient (Wildman–Crippen LogP) is 1.63. The number of hydrogen-bond acceptors (Lipinski definition) is 4. The van der Waals surface area contributed by atoms with Crippen LogP contribution in [0.2, 0.25) is 0 Å². The molecule has 1 aromatic carbocycles. The zero-order chi connectivity index (χ0) is 15.0. The fourth-order valence-electron chi connectivity index (χ4n) is 2.68. The maximum Gasteiger partial charge on any atom is 0.243 e. The van der Waals surface area contributed by atoms with Gasteiger partial charge in [-0.1, -0.05) is 13.0 Å². The van der Waals surface area contributed by atoms with Crippen molar-refractivity contribution in [1.29, 1.82) is 0 Å². The van der Waals surface area contributed by atoms with Gasteiger partial charge in [-0.2, -0.15) is 4.31 Å². The van der Waals surface area contributed by atoms with Gasteiger partial charge >= 0.3 is 0 Å². The SMILES string of the molecule is CC1CCN(S(=O)(=O)c2cccc3ncccc23)CC1O. The minimum absolute atomic E-state index is 0.130. The topological polar surface area (TPSA) is 70.5 Å². The summed E-state index contributed by atoms with van der Waals surface area (Å²) in [6.45, 7) is 2.54. The van der Waals surface area contributed by atoms with Gasteiger partial charge in [-0.3, -0.25) is 4.98 Å². The van der Waals surface area contributed by atoms with E-state index in [2.05, 4.69) is 4.98 Å². The van der Waals surface area contributed by atoms with Gasteiger partial charge in [-0.15, -0.1) is 0 Å². The Kier molecular flexibility index (Phi) is 3.69. The molecule has 1 fully saturated rings. The van der Waals surface area contributed by atoms with E-state index >= 15 is 0 Å². The molecule has 2 atom stereocenters. The van der Waals surface area contributed by atoms with Crippen LogP contribution < -0.4 is 0 Å². The Morgan fingerprint density at radius 1 is 1.29 bits per heavy atom. The van der Waals surface area contributed by atoms with Crippen molar-refractivity contribution in [3.05, 3.63) is 36.5 Å². The molecular formula is C15H18N2O3S. The van der Waals surface area contributed by atoms with E-state index in [1.807, 2.05) is 6.92 Å². The molecule has 2 heterocycles. The van der Waals surface area contributed by atoms with Crippen LogP contribution in [0.25, 0.3) is 10.9 Å². The molecule has 1 aliphatic rings. The summed E-state index contributed by atoms with van der Waals surface area (Å²) >= 11 is 0. The van der Waals surface area contributed by atoms with Crippen molar-refractivity contribution in [3.63, 3.8) is 0 Å². The second kappa shape index (κ2) is 5.36. The fraction of sp³-hybridized carbons (Fsp3) is 0.400. The number of aliphatic hydroxyl groups excluding tert-OH is 1. The van der Waals surface area contributed by atoms with E-state index in [9.17, 15) is 13.5 Å². The number of nitrogens with zero attached hydrogens (tertiary/aromatic N) is 2. The van der Waals surface area contributed by atoms with E-state index in [-0.39, 0.29) is 17.4 Å². The molecule has 3 rings (SSSR count). The van der Waals surface area contributed by atoms with Gasteiger partial charge in [0.25, 0.3) is 0 Å². The third kappa shape index (κ3) is 2.54. The van der Waals surface area contributed by atoms with Crippen LogP contribution in [-0.4, -0.2) is 42.0 Å². The lowest BCUT2D eigenvalue weighted by atomic mass is 9.98. The van der Waals surface area contributed by atoms with Crippen molar-refractivity contribution >= 4 is 20.9 Å². The monoisotopic (exact) mass is 306 g/mol. The van der Waals surface area contributed by atoms with Gasteiger partial charge in [0.05, 0.1) is 16.5 Å². The minimum Gasteiger partial charge on any atom is -0.391 e. The van der Waals surface area contributed by atoms with Gasteiger partial charge in [0.1, 0.15) is 0 Å². The lowest BCUT2D eigenvalue weighted by molar-refractivity contribution is 0.0605. The summed E-state index contributed by atoms with van der Waals surface area (Å²) in [4.78, 5) is 4.45. The standard InChI is InChI=1S/C15H18N2O3S/c1-11-7-9-17(10-14(11)18)21(19,20)15-6-2-5-13-12(15)4-3-8-16-13/h2-6,8,11,14,18H,7,9-10H2,1H3. The van der Waals surface area contributed by atoms with E-state index in [4.69, 9.17) is 0 Å². The Morgan fingerprint density at radius 2 is 2.10 bits per heavy atom. The van der Waals surface area contributed by atoms with Crippen LogP contribution in [0.1, 0.15) is 13.3 Å². The first-order valence-corrected chi connectivity index (χ1v) is 8.46. The van der Waals surface area contributed by atoms with E-state index in [0.717, 1.165) is 0 Å². The number of benzene rings is 1. The second-order valence-electron chi connectivity index (χ2n) is 5.52. The highest BCUT2D eigenvalue weighted by atomic mass is 32.2. The fourth-order valence-corrected chi connectivity index (χ4v) is 4.35. The third-order valence-electron chi connectivity index (χ3n) is 4.10. The van der Waals surface area contributed by atoms with Gasteiger partial charge in [0, 0.05) is 24.7 Å². The highest BCUT2D eigenvalue weighted by Crippen LogP contribution is 2.28. The molecule has 112 valence electrons. The average molecular weight is 306 g/mol. The Balaban J connectivity index is 2.05. The van der Waals surface area contributed by atoms with Crippen molar-refractivity contribution in [2.24, 2.45) is 5.92 Å². The number of pyridine rings is 1. The Labute approximate surface area is 124 Å². The molecule has 1 saturated heterocycles. The molecule has 0 amide bonds. The molecule has 2 unspecified atom stereocenters. The molecule has 1 aromatic heterocycles. The number of fused-ring (bicyclic) bond motifs is 1. The second-order valence-corrected chi connectivity index (χ2v) is 7.43. The summed E-state index contributed by atoms with van der Waals surface area (Å²) < 4.78 is 27.1. The van der Waals surface area contributed by atoms with Gasteiger partial charge in [-0.25, -0.2) is 8.42 Å². The molecule has 6 heteroatoms. The Bertz CT molecular complexity index is 755. The first-order chi connectivity index (χ1) is 10.00. The minimum atomic E-state index is -3.61. The predicted molar refractivity (Wildman–Crippen MR) is 80.3 cm³/mol. The normalized spacial score (nSPS) is 24.3. The maximum absolute atomic E-state index is 12.8. The molecule has 1 aliphatic heterocycles. The molecule has 0 spiro atoms. The average Bonchev–Trinajstić information content (AvgIpc) is 2.49. The van der Waals surface area contributed by atoms with Crippen molar-refractivity contribution in [2.45, 2.75) is 24.3 Å². The molecule has 1 N–H and O–H groups in total. The van der Waals surface area contributed by atoms with Gasteiger partial charge < -0.3 is 5.11 Å². The van der Waals surface area contributed by atoms with Crippen LogP contribution in [0.5, 0.6) is 0 Å². The van der Waals surface area contributed by atoms with Crippen LogP contribution in [0.4, 0.5) is 0 Å². The van der Waals surface area contributed by atoms with Gasteiger partial charge in [-0.05, 0) is 36.6 Å². The molecule has 0 radical (unpaired) electrons. The van der Waals surface area contributed by atoms with Crippen LogP contribution in [0.15, 0.2) is 41.4 Å². The summed E-state index contributed by atoms with van der Waals surface area (Å²) in [5.41, 5.74) is 0.657. The van der Waals surface area contributed by atoms with E-state index in [0.29, 0.717) is 23.9 Å². The number of aliphatic hydroxyl groups is 1. The summed E-state index contributed by atoms with van der Waals surface area (Å²) in [5, 5.41) is 10.6. The maximum atomic E-state index is 12.8. The molecular weight excluding hydrogens is 288 g/mol. The zero-order valence-electron chi connectivity index (χ0n) is 11.8. The molecule has 5 nitrogen and oxygen atoms in total. The van der Waals surface area contributed by atoms with Crippen molar-refractivity contribution in [2.75, 3.05) is 13.1 Å². The summed E-state index contributed by atoms with van der Waals surface area (Å²) in [5.74, 6) is 0.130. The van der Waals surface area contributed by atoms with Gasteiger partial charge in [0.15, 0.2) is 0 Å². The number of rotatable bonds is 2. The summed E-state index contributed by atoms with van der Waals surface area (Å²) in [6, 6.07) is 8.59. The first-order valence-electron chi connectivity index (χ1n) is 7.02. The number of β-amino-alcohol motifs (C(OH)–C–C–N with tert-alkyl or cyclic N) is 1. The lowest BCUT2D eigenvalue weighted by Gasteiger charge is -2.33. The van der Waals surface area contributed by atoms with Crippen molar-refractivity contribution < 1.29 is 13.5 Å². The molecule has 2 aromatic rings. The van der Waals surface area contributed by atoms with E-state index < -0.39 is 16.1 Å². The first kappa shape index (κ1) is 14.4. The molecule has 21 heavy (non-hydrogen) atoms. The zero-order valence-corrected chi connectivity index (χ0v) is 12.6. The van der Waals surface area contributed by atoms with Gasteiger partial charge in [0.2, 0.25) is 10.0 Å². The molecule has 0 aliphatic carbocycles. The van der Waals surface area contributed by atoms with E-state index in [1.165, 1.54) is 4.31 Å². The summed E-state index contributed by atoms with van der Waals surface area (Å²) in [7, 11) is -3.61. The quantitative estimate of drug-likeness (QED) is 0.915. The van der Waals surface area contributed by atoms with Crippen LogP contribution >= 0.6 is 0 Å². The molecule has 0 bridgehead atoms. The highest BCUT2D eigenvalue weighted by Gasteiger charge is 2.33. The van der Waals surface area contributed by atoms with Crippen molar-refractivity contribution in [3.8, 4) is 0 Å². The smallest absolute Gasteiger partial charge is 0.243 e. The largest absolute Gasteiger partial charge is 0.391 e.